The highest BCUT2D eigenvalue weighted by atomic mass is 16.6. The number of hydrogen-bond acceptors (Lipinski definition) is 7. The summed E-state index contributed by atoms with van der Waals surface area (Å²) in [6, 6.07) is 0. The molecule has 0 aliphatic carbocycles. The number of rotatable bonds is 4. The van der Waals surface area contributed by atoms with Crippen LogP contribution < -0.4 is 10.5 Å². The maximum atomic E-state index is 10.4. The van der Waals surface area contributed by atoms with Crippen LogP contribution in [-0.2, 0) is 0 Å². The summed E-state index contributed by atoms with van der Waals surface area (Å²) in [6.45, 7) is -0.349. The summed E-state index contributed by atoms with van der Waals surface area (Å²) >= 11 is 0. The SMILES string of the molecule is Nc1ncc([N+](=O)[O-])c(OCCO)n1. The monoisotopic (exact) mass is 200 g/mol. The Morgan fingerprint density at radius 1 is 1.71 bits per heavy atom. The fourth-order valence-electron chi connectivity index (χ4n) is 0.746. The first-order chi connectivity index (χ1) is 6.65. The largest absolute Gasteiger partial charge is 0.470 e. The van der Waals surface area contributed by atoms with Crippen molar-refractivity contribution in [1.29, 1.82) is 0 Å². The highest BCUT2D eigenvalue weighted by molar-refractivity contribution is 5.41. The summed E-state index contributed by atoms with van der Waals surface area (Å²) < 4.78 is 4.81. The van der Waals surface area contributed by atoms with Gasteiger partial charge in [-0.1, -0.05) is 0 Å². The Morgan fingerprint density at radius 3 is 3.00 bits per heavy atom. The van der Waals surface area contributed by atoms with Crippen molar-refractivity contribution in [3.05, 3.63) is 16.3 Å². The van der Waals surface area contributed by atoms with Crippen LogP contribution >= 0.6 is 0 Å². The number of aliphatic hydroxyl groups is 1. The molecule has 3 N–H and O–H groups in total. The van der Waals surface area contributed by atoms with Gasteiger partial charge in [0.1, 0.15) is 12.8 Å². The van der Waals surface area contributed by atoms with Gasteiger partial charge in [0.2, 0.25) is 5.95 Å². The van der Waals surface area contributed by atoms with Crippen molar-refractivity contribution in [2.45, 2.75) is 0 Å². The van der Waals surface area contributed by atoms with E-state index in [0.717, 1.165) is 6.20 Å². The topological polar surface area (TPSA) is 124 Å². The Labute approximate surface area is 78.5 Å². The van der Waals surface area contributed by atoms with Gasteiger partial charge in [0.15, 0.2) is 0 Å². The quantitative estimate of drug-likeness (QED) is 0.488. The molecule has 8 heteroatoms. The minimum absolute atomic E-state index is 0.0860. The van der Waals surface area contributed by atoms with Gasteiger partial charge in [0, 0.05) is 0 Å². The summed E-state index contributed by atoms with van der Waals surface area (Å²) in [7, 11) is 0. The van der Waals surface area contributed by atoms with Gasteiger partial charge in [-0.15, -0.1) is 0 Å². The molecule has 0 aliphatic rings. The van der Waals surface area contributed by atoms with E-state index in [9.17, 15) is 10.1 Å². The Kier molecular flexibility index (Phi) is 3.13. The third-order valence-corrected chi connectivity index (χ3v) is 1.28. The molecule has 14 heavy (non-hydrogen) atoms. The molecule has 76 valence electrons. The Balaban J connectivity index is 2.97. The molecule has 1 aromatic heterocycles. The van der Waals surface area contributed by atoms with Gasteiger partial charge in [-0.25, -0.2) is 4.98 Å². The molecule has 1 heterocycles. The summed E-state index contributed by atoms with van der Waals surface area (Å²) in [6.07, 6.45) is 0.953. The first-order valence-corrected chi connectivity index (χ1v) is 3.65. The molecular weight excluding hydrogens is 192 g/mol. The molecule has 0 fully saturated rings. The van der Waals surface area contributed by atoms with Crippen molar-refractivity contribution in [2.24, 2.45) is 0 Å². The Bertz CT molecular complexity index is 343. The molecule has 0 aromatic carbocycles. The van der Waals surface area contributed by atoms with Crippen LogP contribution in [0.4, 0.5) is 11.6 Å². The third kappa shape index (κ3) is 2.26. The normalized spacial score (nSPS) is 9.79. The van der Waals surface area contributed by atoms with Crippen LogP contribution in [0.5, 0.6) is 5.88 Å². The molecule has 0 saturated carbocycles. The first kappa shape index (κ1) is 10.1. The molecule has 0 unspecified atom stereocenters. The van der Waals surface area contributed by atoms with E-state index in [1.807, 2.05) is 0 Å². The molecular formula is C6H8N4O4. The molecule has 0 amide bonds. The molecule has 0 saturated heterocycles. The van der Waals surface area contributed by atoms with Gasteiger partial charge >= 0.3 is 5.69 Å². The molecule has 1 rings (SSSR count). The second kappa shape index (κ2) is 4.33. The van der Waals surface area contributed by atoms with Crippen LogP contribution in [0.3, 0.4) is 0 Å². The molecule has 0 spiro atoms. The zero-order chi connectivity index (χ0) is 10.6. The van der Waals surface area contributed by atoms with E-state index in [-0.39, 0.29) is 30.7 Å². The summed E-state index contributed by atoms with van der Waals surface area (Å²) in [5.74, 6) is -0.361. The number of nitrogens with zero attached hydrogens (tertiary/aromatic N) is 3. The van der Waals surface area contributed by atoms with Gasteiger partial charge in [-0.3, -0.25) is 10.1 Å². The van der Waals surface area contributed by atoms with Crippen molar-refractivity contribution in [3.8, 4) is 5.88 Å². The molecule has 8 nitrogen and oxygen atoms in total. The zero-order valence-electron chi connectivity index (χ0n) is 7.08. The molecule has 0 atom stereocenters. The van der Waals surface area contributed by atoms with Gasteiger partial charge in [0.05, 0.1) is 11.5 Å². The summed E-state index contributed by atoms with van der Waals surface area (Å²) in [5, 5.41) is 18.9. The zero-order valence-corrected chi connectivity index (χ0v) is 7.08. The van der Waals surface area contributed by atoms with Crippen LogP contribution in [0, 0.1) is 10.1 Å². The molecule has 0 aliphatic heterocycles. The Hall–Kier alpha value is -1.96. The fourth-order valence-corrected chi connectivity index (χ4v) is 0.746. The minimum atomic E-state index is -0.688. The minimum Gasteiger partial charge on any atom is -0.470 e. The maximum Gasteiger partial charge on any atom is 0.349 e. The number of nitrogen functional groups attached to an aromatic ring is 1. The van der Waals surface area contributed by atoms with Crippen molar-refractivity contribution in [1.82, 2.24) is 9.97 Å². The maximum absolute atomic E-state index is 10.4. The number of ether oxygens (including phenoxy) is 1. The van der Waals surface area contributed by atoms with E-state index in [2.05, 4.69) is 9.97 Å². The summed E-state index contributed by atoms with van der Waals surface area (Å²) in [5.41, 5.74) is 4.83. The van der Waals surface area contributed by atoms with E-state index in [1.54, 1.807) is 0 Å². The first-order valence-electron chi connectivity index (χ1n) is 3.65. The number of nitrogens with two attached hydrogens (primary N) is 1. The van der Waals surface area contributed by atoms with Gasteiger partial charge < -0.3 is 15.6 Å². The number of nitro groups is 1. The number of aromatic nitrogens is 2. The average molecular weight is 200 g/mol. The lowest BCUT2D eigenvalue weighted by Crippen LogP contribution is -2.07. The summed E-state index contributed by atoms with van der Waals surface area (Å²) in [4.78, 5) is 16.7. The van der Waals surface area contributed by atoms with E-state index >= 15 is 0 Å². The van der Waals surface area contributed by atoms with Crippen molar-refractivity contribution in [3.63, 3.8) is 0 Å². The lowest BCUT2D eigenvalue weighted by molar-refractivity contribution is -0.386. The van der Waals surface area contributed by atoms with E-state index in [4.69, 9.17) is 15.6 Å². The second-order valence-electron chi connectivity index (χ2n) is 2.25. The van der Waals surface area contributed by atoms with Crippen LogP contribution in [0.25, 0.3) is 0 Å². The second-order valence-corrected chi connectivity index (χ2v) is 2.25. The molecule has 1 aromatic rings. The van der Waals surface area contributed by atoms with E-state index < -0.39 is 4.92 Å². The van der Waals surface area contributed by atoms with Crippen LogP contribution in [0.2, 0.25) is 0 Å². The van der Waals surface area contributed by atoms with E-state index in [1.165, 1.54) is 0 Å². The number of anilines is 1. The Morgan fingerprint density at radius 2 is 2.43 bits per heavy atom. The van der Waals surface area contributed by atoms with Crippen molar-refractivity contribution >= 4 is 11.6 Å². The van der Waals surface area contributed by atoms with Crippen LogP contribution in [-0.4, -0.2) is 33.2 Å². The lowest BCUT2D eigenvalue weighted by Gasteiger charge is -2.03. The van der Waals surface area contributed by atoms with E-state index in [0.29, 0.717) is 0 Å². The standard InChI is InChI=1S/C6H8N4O4/c7-6-8-3-4(10(12)13)5(9-6)14-2-1-11/h3,11H,1-2H2,(H2,7,8,9). The highest BCUT2D eigenvalue weighted by Gasteiger charge is 2.17. The average Bonchev–Trinajstić information content (AvgIpc) is 2.14. The lowest BCUT2D eigenvalue weighted by atomic mass is 10.5. The predicted octanol–water partition coefficient (Wildman–Crippen LogP) is -0.662. The van der Waals surface area contributed by atoms with Crippen molar-refractivity contribution in [2.75, 3.05) is 18.9 Å². The van der Waals surface area contributed by atoms with Gasteiger partial charge in [-0.05, 0) is 0 Å². The molecule has 0 bridgehead atoms. The van der Waals surface area contributed by atoms with Crippen LogP contribution in [0.1, 0.15) is 0 Å². The smallest absolute Gasteiger partial charge is 0.349 e. The van der Waals surface area contributed by atoms with Gasteiger partial charge in [0.25, 0.3) is 5.88 Å². The van der Waals surface area contributed by atoms with Crippen molar-refractivity contribution < 1.29 is 14.8 Å². The predicted molar refractivity (Wildman–Crippen MR) is 45.7 cm³/mol. The highest BCUT2D eigenvalue weighted by Crippen LogP contribution is 2.23. The van der Waals surface area contributed by atoms with Crippen LogP contribution in [0.15, 0.2) is 6.20 Å². The number of aliphatic hydroxyl groups excluding tert-OH is 1. The molecule has 0 radical (unpaired) electrons. The number of hydrogen-bond donors (Lipinski definition) is 2. The third-order valence-electron chi connectivity index (χ3n) is 1.28. The fraction of sp³-hybridized carbons (Fsp3) is 0.333. The van der Waals surface area contributed by atoms with Gasteiger partial charge in [-0.2, -0.15) is 4.98 Å².